The lowest BCUT2D eigenvalue weighted by Gasteiger charge is -2.45. The van der Waals surface area contributed by atoms with Crippen LogP contribution < -0.4 is 5.32 Å². The van der Waals surface area contributed by atoms with Crippen LogP contribution in [0.15, 0.2) is 0 Å². The van der Waals surface area contributed by atoms with Crippen molar-refractivity contribution in [3.05, 3.63) is 0 Å². The molecule has 2 aliphatic rings. The second-order valence-corrected chi connectivity index (χ2v) is 5.74. The zero-order valence-electron chi connectivity index (χ0n) is 10.8. The molecule has 0 unspecified atom stereocenters. The Bertz CT molecular complexity index is 206. The zero-order chi connectivity index (χ0) is 11.4. The van der Waals surface area contributed by atoms with Crippen molar-refractivity contribution >= 4 is 0 Å². The lowest BCUT2D eigenvalue weighted by atomic mass is 9.90. The summed E-state index contributed by atoms with van der Waals surface area (Å²) in [5, 5.41) is 3.42. The van der Waals surface area contributed by atoms with Gasteiger partial charge in [0.05, 0.1) is 12.2 Å². The van der Waals surface area contributed by atoms with Crippen molar-refractivity contribution < 1.29 is 4.74 Å². The summed E-state index contributed by atoms with van der Waals surface area (Å²) in [4.78, 5) is 2.61. The van der Waals surface area contributed by atoms with Crippen LogP contribution >= 0.6 is 0 Å². The van der Waals surface area contributed by atoms with E-state index < -0.39 is 0 Å². The summed E-state index contributed by atoms with van der Waals surface area (Å²) in [6.45, 7) is 11.3. The fourth-order valence-electron chi connectivity index (χ4n) is 2.74. The van der Waals surface area contributed by atoms with Gasteiger partial charge in [0.1, 0.15) is 0 Å². The number of ether oxygens (including phenoxy) is 1. The van der Waals surface area contributed by atoms with Crippen LogP contribution in [0.4, 0.5) is 0 Å². The van der Waals surface area contributed by atoms with Gasteiger partial charge in [-0.15, -0.1) is 0 Å². The van der Waals surface area contributed by atoms with Gasteiger partial charge in [0, 0.05) is 13.1 Å². The first-order chi connectivity index (χ1) is 7.70. The van der Waals surface area contributed by atoms with Crippen molar-refractivity contribution in [2.75, 3.05) is 39.3 Å². The average molecular weight is 226 g/mol. The minimum atomic E-state index is 0.181. The SMILES string of the molecule is CC(C)CCN1CCOC2(CCNCC2)C1. The highest BCUT2D eigenvalue weighted by Crippen LogP contribution is 2.27. The molecule has 0 aliphatic carbocycles. The molecule has 3 heteroatoms. The average Bonchev–Trinajstić information content (AvgIpc) is 2.28. The molecule has 2 rings (SSSR count). The van der Waals surface area contributed by atoms with Gasteiger partial charge in [0.15, 0.2) is 0 Å². The van der Waals surface area contributed by atoms with Crippen molar-refractivity contribution in [2.45, 2.75) is 38.7 Å². The Morgan fingerprint density at radius 3 is 2.75 bits per heavy atom. The molecule has 3 nitrogen and oxygen atoms in total. The minimum Gasteiger partial charge on any atom is -0.372 e. The van der Waals surface area contributed by atoms with Gasteiger partial charge in [-0.05, 0) is 44.8 Å². The molecule has 2 heterocycles. The van der Waals surface area contributed by atoms with Crippen LogP contribution in [0.5, 0.6) is 0 Å². The van der Waals surface area contributed by atoms with Gasteiger partial charge in [0.25, 0.3) is 0 Å². The van der Waals surface area contributed by atoms with E-state index in [1.54, 1.807) is 0 Å². The predicted octanol–water partition coefficient (Wildman–Crippen LogP) is 1.49. The van der Waals surface area contributed by atoms with Gasteiger partial charge < -0.3 is 10.1 Å². The number of nitrogens with zero attached hydrogens (tertiary/aromatic N) is 1. The summed E-state index contributed by atoms with van der Waals surface area (Å²) < 4.78 is 6.06. The molecule has 0 aromatic heterocycles. The third-order valence-electron chi connectivity index (χ3n) is 3.86. The Hall–Kier alpha value is -0.120. The van der Waals surface area contributed by atoms with Crippen LogP contribution in [-0.4, -0.2) is 49.8 Å². The normalized spacial score (nSPS) is 26.4. The molecular weight excluding hydrogens is 200 g/mol. The molecule has 2 fully saturated rings. The molecule has 0 radical (unpaired) electrons. The number of nitrogens with one attached hydrogen (secondary N) is 1. The molecule has 0 bridgehead atoms. The first kappa shape index (κ1) is 12.3. The molecule has 0 saturated carbocycles. The molecule has 2 saturated heterocycles. The van der Waals surface area contributed by atoms with Crippen LogP contribution in [-0.2, 0) is 4.74 Å². The van der Waals surface area contributed by atoms with Crippen molar-refractivity contribution in [2.24, 2.45) is 5.92 Å². The van der Waals surface area contributed by atoms with E-state index >= 15 is 0 Å². The number of morpholine rings is 1. The molecule has 0 amide bonds. The zero-order valence-corrected chi connectivity index (χ0v) is 10.8. The predicted molar refractivity (Wildman–Crippen MR) is 66.7 cm³/mol. The van der Waals surface area contributed by atoms with Crippen molar-refractivity contribution in [1.29, 1.82) is 0 Å². The van der Waals surface area contributed by atoms with E-state index in [0.29, 0.717) is 0 Å². The summed E-state index contributed by atoms with van der Waals surface area (Å²) in [6, 6.07) is 0. The highest BCUT2D eigenvalue weighted by atomic mass is 16.5. The fourth-order valence-corrected chi connectivity index (χ4v) is 2.74. The molecule has 0 atom stereocenters. The van der Waals surface area contributed by atoms with E-state index in [-0.39, 0.29) is 5.60 Å². The van der Waals surface area contributed by atoms with Crippen LogP contribution in [0, 0.1) is 5.92 Å². The Labute approximate surface area is 99.5 Å². The largest absolute Gasteiger partial charge is 0.372 e. The molecule has 0 aromatic rings. The third kappa shape index (κ3) is 3.19. The van der Waals surface area contributed by atoms with Crippen LogP contribution in [0.25, 0.3) is 0 Å². The highest BCUT2D eigenvalue weighted by Gasteiger charge is 2.37. The molecule has 2 aliphatic heterocycles. The quantitative estimate of drug-likeness (QED) is 0.789. The standard InChI is InChI=1S/C13H26N2O/c1-12(2)3-8-15-9-10-16-13(11-15)4-6-14-7-5-13/h12,14H,3-11H2,1-2H3. The Morgan fingerprint density at radius 2 is 2.06 bits per heavy atom. The van der Waals surface area contributed by atoms with Gasteiger partial charge in [-0.25, -0.2) is 0 Å². The molecule has 1 N–H and O–H groups in total. The first-order valence-corrected chi connectivity index (χ1v) is 6.77. The maximum Gasteiger partial charge on any atom is 0.0833 e. The third-order valence-corrected chi connectivity index (χ3v) is 3.86. The van der Waals surface area contributed by atoms with Gasteiger partial charge in [-0.1, -0.05) is 13.8 Å². The molecule has 0 aromatic carbocycles. The van der Waals surface area contributed by atoms with Crippen molar-refractivity contribution in [1.82, 2.24) is 10.2 Å². The number of rotatable bonds is 3. The van der Waals surface area contributed by atoms with E-state index in [1.165, 1.54) is 25.8 Å². The van der Waals surface area contributed by atoms with Crippen LogP contribution in [0.3, 0.4) is 0 Å². The van der Waals surface area contributed by atoms with Gasteiger partial charge in [0.2, 0.25) is 0 Å². The summed E-state index contributed by atoms with van der Waals surface area (Å²) >= 11 is 0. The monoisotopic (exact) mass is 226 g/mol. The van der Waals surface area contributed by atoms with Crippen LogP contribution in [0.2, 0.25) is 0 Å². The Kier molecular flexibility index (Phi) is 4.22. The van der Waals surface area contributed by atoms with Crippen molar-refractivity contribution in [3.8, 4) is 0 Å². The molecular formula is C13H26N2O. The Morgan fingerprint density at radius 1 is 1.31 bits per heavy atom. The topological polar surface area (TPSA) is 24.5 Å². The highest BCUT2D eigenvalue weighted by molar-refractivity contribution is 4.91. The maximum atomic E-state index is 6.06. The van der Waals surface area contributed by atoms with E-state index in [0.717, 1.165) is 38.7 Å². The molecule has 16 heavy (non-hydrogen) atoms. The molecule has 1 spiro atoms. The second-order valence-electron chi connectivity index (χ2n) is 5.74. The van der Waals surface area contributed by atoms with E-state index in [2.05, 4.69) is 24.1 Å². The minimum absolute atomic E-state index is 0.181. The summed E-state index contributed by atoms with van der Waals surface area (Å²) in [5.74, 6) is 0.812. The van der Waals surface area contributed by atoms with Gasteiger partial charge >= 0.3 is 0 Å². The Balaban J connectivity index is 1.83. The summed E-state index contributed by atoms with van der Waals surface area (Å²) in [6.07, 6.45) is 3.69. The van der Waals surface area contributed by atoms with E-state index in [4.69, 9.17) is 4.74 Å². The fraction of sp³-hybridized carbons (Fsp3) is 1.00. The number of hydrogen-bond donors (Lipinski definition) is 1. The summed E-state index contributed by atoms with van der Waals surface area (Å²) in [5.41, 5.74) is 0.181. The maximum absolute atomic E-state index is 6.06. The lowest BCUT2D eigenvalue weighted by molar-refractivity contribution is -0.123. The van der Waals surface area contributed by atoms with Crippen molar-refractivity contribution in [3.63, 3.8) is 0 Å². The smallest absolute Gasteiger partial charge is 0.0833 e. The van der Waals surface area contributed by atoms with Gasteiger partial charge in [-0.2, -0.15) is 0 Å². The number of hydrogen-bond acceptors (Lipinski definition) is 3. The van der Waals surface area contributed by atoms with Gasteiger partial charge in [-0.3, -0.25) is 4.90 Å². The lowest BCUT2D eigenvalue weighted by Crippen LogP contribution is -2.56. The number of piperidine rings is 1. The first-order valence-electron chi connectivity index (χ1n) is 6.77. The van der Waals surface area contributed by atoms with E-state index in [9.17, 15) is 0 Å². The van der Waals surface area contributed by atoms with E-state index in [1.807, 2.05) is 0 Å². The molecule has 94 valence electrons. The van der Waals surface area contributed by atoms with Crippen LogP contribution in [0.1, 0.15) is 33.1 Å². The summed E-state index contributed by atoms with van der Waals surface area (Å²) in [7, 11) is 0. The second kappa shape index (κ2) is 5.48.